The molecule has 1 heterocycles. The van der Waals surface area contributed by atoms with Gasteiger partial charge in [0.05, 0.1) is 11.0 Å². The van der Waals surface area contributed by atoms with Crippen LogP contribution in [0.2, 0.25) is 0 Å². The fourth-order valence-electron chi connectivity index (χ4n) is 7.45. The predicted octanol–water partition coefficient (Wildman–Crippen LogP) is 1.62. The van der Waals surface area contributed by atoms with E-state index in [2.05, 4.69) is 171 Å². The lowest BCUT2D eigenvalue weighted by molar-refractivity contribution is 1.10. The molecule has 7 aromatic carbocycles. The third-order valence-corrected chi connectivity index (χ3v) is 10.2. The van der Waals surface area contributed by atoms with Crippen molar-refractivity contribution in [1.29, 1.82) is 0 Å². The summed E-state index contributed by atoms with van der Waals surface area (Å²) in [6.45, 7) is 0. The van der Waals surface area contributed by atoms with E-state index in [0.29, 0.717) is 0 Å². The van der Waals surface area contributed by atoms with Crippen molar-refractivity contribution in [2.24, 2.45) is 0 Å². The van der Waals surface area contributed by atoms with E-state index in [9.17, 15) is 0 Å². The molecule has 7 heteroatoms. The monoisotopic (exact) mass is 582 g/mol. The Hall–Kier alpha value is -5.15. The summed E-state index contributed by atoms with van der Waals surface area (Å²) in [7, 11) is 11.4. The van der Waals surface area contributed by atoms with E-state index < -0.39 is 0 Å². The highest BCUT2D eigenvalue weighted by atomic mass is 15.1. The van der Waals surface area contributed by atoms with Gasteiger partial charge in [-0.1, -0.05) is 114 Å². The fraction of sp³-hybridized carbons (Fsp3) is 0. The van der Waals surface area contributed by atoms with Crippen LogP contribution in [-0.2, 0) is 0 Å². The second-order valence-corrected chi connectivity index (χ2v) is 12.5. The van der Waals surface area contributed by atoms with Gasteiger partial charge in [-0.2, -0.15) is 0 Å². The highest BCUT2D eigenvalue weighted by Crippen LogP contribution is 2.43. The molecule has 212 valence electrons. The molecule has 0 aliphatic carbocycles. The smallest absolute Gasteiger partial charge is 0.145 e. The Morgan fingerprint density at radius 2 is 0.913 bits per heavy atom. The van der Waals surface area contributed by atoms with Crippen molar-refractivity contribution in [2.45, 2.75) is 0 Å². The molecule has 46 heavy (non-hydrogen) atoms. The van der Waals surface area contributed by atoms with Gasteiger partial charge in [0.1, 0.15) is 45.1 Å². The first-order valence-electron chi connectivity index (χ1n) is 16.1. The maximum Gasteiger partial charge on any atom is 0.145 e. The highest BCUT2D eigenvalue weighted by Gasteiger charge is 2.21. The van der Waals surface area contributed by atoms with Gasteiger partial charge in [0.15, 0.2) is 0 Å². The minimum atomic E-state index is 0.945. The Morgan fingerprint density at radius 3 is 1.54 bits per heavy atom. The summed E-state index contributed by atoms with van der Waals surface area (Å²) in [6, 6.07) is 45.8. The van der Waals surface area contributed by atoms with Crippen LogP contribution in [-0.4, -0.2) is 48.8 Å². The van der Waals surface area contributed by atoms with Crippen molar-refractivity contribution in [1.82, 2.24) is 9.55 Å². The average molecular weight is 582 g/mol. The van der Waals surface area contributed by atoms with Crippen molar-refractivity contribution in [3.05, 3.63) is 127 Å². The normalized spacial score (nSPS) is 11.5. The first-order valence-corrected chi connectivity index (χ1v) is 16.1. The van der Waals surface area contributed by atoms with E-state index >= 15 is 0 Å². The zero-order valence-corrected chi connectivity index (χ0v) is 27.0. The lowest BCUT2D eigenvalue weighted by Gasteiger charge is -2.24. The highest BCUT2D eigenvalue weighted by molar-refractivity contribution is 6.69. The molecule has 8 aromatic rings. The Morgan fingerprint density at radius 1 is 0.413 bits per heavy atom. The van der Waals surface area contributed by atoms with Crippen LogP contribution >= 0.6 is 0 Å². The minimum Gasteiger partial charge on any atom is -0.292 e. The number of nitrogens with zero attached hydrogens (tertiary/aromatic N) is 2. The van der Waals surface area contributed by atoms with E-state index in [0.717, 1.165) is 28.1 Å². The largest absolute Gasteiger partial charge is 0.292 e. The molecule has 0 saturated carbocycles. The number of para-hydroxylation sites is 2. The van der Waals surface area contributed by atoms with Crippen LogP contribution in [0.4, 0.5) is 0 Å². The summed E-state index contributed by atoms with van der Waals surface area (Å²) in [5.41, 5.74) is 16.3. The van der Waals surface area contributed by atoms with Crippen LogP contribution in [0.25, 0.3) is 71.9 Å². The summed E-state index contributed by atoms with van der Waals surface area (Å²) < 4.78 is 2.30. The molecule has 0 fully saturated rings. The van der Waals surface area contributed by atoms with Gasteiger partial charge in [-0.25, -0.2) is 4.98 Å². The number of benzene rings is 7. The van der Waals surface area contributed by atoms with Gasteiger partial charge in [0, 0.05) is 11.3 Å². The molecule has 0 spiro atoms. The average Bonchev–Trinajstić information content (AvgIpc) is 3.50. The first kappa shape index (κ1) is 28.3. The van der Waals surface area contributed by atoms with Crippen LogP contribution in [0.5, 0.6) is 0 Å². The molecule has 1 aromatic heterocycles. The van der Waals surface area contributed by atoms with E-state index in [4.69, 9.17) is 4.98 Å². The molecule has 2 nitrogen and oxygen atoms in total. The van der Waals surface area contributed by atoms with Crippen molar-refractivity contribution < 1.29 is 0 Å². The molecule has 0 radical (unpaired) electrons. The molecule has 0 saturated heterocycles. The standard InChI is InChI=1S/C39H31B5N2/c40-34-33(35(41)37(43)38(44)36(34)42)32-27-17-6-4-15-25(27)31(26-16-5-7-18-28(26)32)23-13-10-14-24(21-23)46-30-20-9-8-19-29(30)45-39(46)22-11-2-1-3-12-22/h1-21H,40-44H2. The molecule has 8 rings (SSSR count). The zero-order valence-electron chi connectivity index (χ0n) is 27.0. The number of imidazole rings is 1. The van der Waals surface area contributed by atoms with Crippen molar-refractivity contribution in [2.75, 3.05) is 0 Å². The molecule has 0 atom stereocenters. The number of hydrogen-bond donors (Lipinski definition) is 0. The van der Waals surface area contributed by atoms with Crippen molar-refractivity contribution in [3.63, 3.8) is 0 Å². The number of aromatic nitrogens is 2. The number of fused-ring (bicyclic) bond motifs is 3. The molecular formula is C39H31B5N2. The van der Waals surface area contributed by atoms with Gasteiger partial charge in [-0.15, -0.1) is 16.4 Å². The molecular weight excluding hydrogens is 551 g/mol. The second kappa shape index (κ2) is 11.0. The van der Waals surface area contributed by atoms with Gasteiger partial charge in [-0.05, 0) is 68.1 Å². The van der Waals surface area contributed by atoms with Gasteiger partial charge >= 0.3 is 0 Å². The Kier molecular flexibility index (Phi) is 6.80. The number of rotatable bonds is 4. The van der Waals surface area contributed by atoms with E-state index in [1.165, 1.54) is 71.1 Å². The zero-order chi connectivity index (χ0) is 31.5. The summed E-state index contributed by atoms with van der Waals surface area (Å²) in [6.07, 6.45) is 0. The number of hydrogen-bond acceptors (Lipinski definition) is 1. The molecule has 0 N–H and O–H groups in total. The van der Waals surface area contributed by atoms with Crippen molar-refractivity contribution in [3.8, 4) is 39.3 Å². The lowest BCUT2D eigenvalue weighted by Crippen LogP contribution is -2.55. The SMILES string of the molecule is Bc1c(B)c(B)c(-c2c3ccccc3c(-c3cccc(-n4c(-c5ccccc5)nc5ccccc54)c3)c3ccccc23)c(B)c1B. The first-order chi connectivity index (χ1) is 22.4. The van der Waals surface area contributed by atoms with Gasteiger partial charge in [0.2, 0.25) is 0 Å². The molecule has 0 bridgehead atoms. The summed E-state index contributed by atoms with van der Waals surface area (Å²) in [4.78, 5) is 5.11. The molecule has 0 aliphatic rings. The third-order valence-electron chi connectivity index (χ3n) is 10.2. The maximum absolute atomic E-state index is 5.11. The Bertz CT molecular complexity index is 2400. The second-order valence-electron chi connectivity index (χ2n) is 12.5. The molecule has 0 amide bonds. The van der Waals surface area contributed by atoms with Gasteiger partial charge in [-0.3, -0.25) is 4.57 Å². The summed E-state index contributed by atoms with van der Waals surface area (Å²) in [5.74, 6) is 0.945. The van der Waals surface area contributed by atoms with Crippen LogP contribution in [0.3, 0.4) is 0 Å². The molecule has 0 aliphatic heterocycles. The van der Waals surface area contributed by atoms with Crippen LogP contribution in [0, 0.1) is 0 Å². The fourth-order valence-corrected chi connectivity index (χ4v) is 7.45. The van der Waals surface area contributed by atoms with Crippen LogP contribution in [0.1, 0.15) is 0 Å². The van der Waals surface area contributed by atoms with E-state index in [-0.39, 0.29) is 0 Å². The van der Waals surface area contributed by atoms with E-state index in [1.807, 2.05) is 0 Å². The minimum absolute atomic E-state index is 0.945. The topological polar surface area (TPSA) is 17.8 Å². The van der Waals surface area contributed by atoms with E-state index in [1.54, 1.807) is 0 Å². The Labute approximate surface area is 274 Å². The maximum atomic E-state index is 5.11. The Balaban J connectivity index is 1.44. The summed E-state index contributed by atoms with van der Waals surface area (Å²) >= 11 is 0. The third kappa shape index (κ3) is 4.30. The van der Waals surface area contributed by atoms with Gasteiger partial charge < -0.3 is 0 Å². The van der Waals surface area contributed by atoms with Gasteiger partial charge in [0.25, 0.3) is 0 Å². The summed E-state index contributed by atoms with van der Waals surface area (Å²) in [5, 5.41) is 5.10. The van der Waals surface area contributed by atoms with Crippen LogP contribution in [0.15, 0.2) is 127 Å². The van der Waals surface area contributed by atoms with Crippen LogP contribution < -0.4 is 27.3 Å². The predicted molar refractivity (Wildman–Crippen MR) is 213 cm³/mol. The lowest BCUT2D eigenvalue weighted by atomic mass is 9.59. The molecule has 0 unspecified atom stereocenters. The van der Waals surface area contributed by atoms with Crippen molar-refractivity contribution >= 4 is 99.1 Å². The quantitative estimate of drug-likeness (QED) is 0.228.